The van der Waals surface area contributed by atoms with Crippen molar-refractivity contribution in [2.75, 3.05) is 11.6 Å². The van der Waals surface area contributed by atoms with Crippen molar-refractivity contribution < 1.29 is 0 Å². The summed E-state index contributed by atoms with van der Waals surface area (Å²) in [5, 5.41) is 0. The van der Waals surface area contributed by atoms with Crippen molar-refractivity contribution in [1.29, 1.82) is 0 Å². The van der Waals surface area contributed by atoms with E-state index in [2.05, 4.69) is 14.5 Å². The summed E-state index contributed by atoms with van der Waals surface area (Å²) in [5.41, 5.74) is 7.47. The average Bonchev–Trinajstić information content (AvgIpc) is 2.88. The van der Waals surface area contributed by atoms with Gasteiger partial charge in [0, 0.05) is 6.04 Å². The minimum absolute atomic E-state index is 0.470. The summed E-state index contributed by atoms with van der Waals surface area (Å²) in [6.45, 7) is 0. The van der Waals surface area contributed by atoms with E-state index in [0.29, 0.717) is 17.6 Å². The molecule has 6 nitrogen and oxygen atoms in total. The third-order valence-corrected chi connectivity index (χ3v) is 2.68. The topological polar surface area (TPSA) is 87.7 Å². The van der Waals surface area contributed by atoms with Gasteiger partial charge in [0.05, 0.1) is 18.2 Å². The second-order valence-electron chi connectivity index (χ2n) is 3.80. The number of nitrogens with zero attached hydrogens (tertiary/aromatic N) is 4. The molecular weight excluding hydrogens is 192 g/mol. The summed E-state index contributed by atoms with van der Waals surface area (Å²) in [5.74, 6) is 6.06. The van der Waals surface area contributed by atoms with Gasteiger partial charge in [0.15, 0.2) is 5.82 Å². The Kier molecular flexibility index (Phi) is 1.53. The molecule has 1 aliphatic rings. The van der Waals surface area contributed by atoms with Gasteiger partial charge in [-0.25, -0.2) is 14.6 Å². The predicted molar refractivity (Wildman–Crippen MR) is 56.3 cm³/mol. The molecule has 0 aromatic carbocycles. The van der Waals surface area contributed by atoms with Gasteiger partial charge in [-0.2, -0.15) is 0 Å². The van der Waals surface area contributed by atoms with E-state index in [1.165, 1.54) is 23.8 Å². The van der Waals surface area contributed by atoms with E-state index in [9.17, 15) is 0 Å². The van der Waals surface area contributed by atoms with Crippen molar-refractivity contribution >= 4 is 5.82 Å². The Morgan fingerprint density at radius 2 is 2.13 bits per heavy atom. The van der Waals surface area contributed by atoms with Gasteiger partial charge in [-0.05, 0) is 12.8 Å². The molecule has 2 aromatic heterocycles. The normalized spacial score (nSPS) is 15.7. The number of anilines is 1. The van der Waals surface area contributed by atoms with Gasteiger partial charge >= 0.3 is 0 Å². The smallest absolute Gasteiger partial charge is 0.152 e. The molecule has 2 aromatic rings. The van der Waals surface area contributed by atoms with E-state index in [4.69, 9.17) is 11.6 Å². The second kappa shape index (κ2) is 2.75. The van der Waals surface area contributed by atoms with Crippen molar-refractivity contribution in [3.8, 4) is 11.4 Å². The van der Waals surface area contributed by atoms with Crippen LogP contribution in [0.25, 0.3) is 11.4 Å². The standard InChI is InChI=1S/C9H12N6/c10-9-8(13-5-15(9)11)7-3-12-4-14(7)6-1-2-6/h3-6H,1-2,10-11H2. The predicted octanol–water partition coefficient (Wildman–Crippen LogP) is 0.378. The average molecular weight is 204 g/mol. The minimum Gasteiger partial charge on any atom is -0.382 e. The molecule has 15 heavy (non-hydrogen) atoms. The Balaban J connectivity index is 2.11. The summed E-state index contributed by atoms with van der Waals surface area (Å²) < 4.78 is 3.43. The summed E-state index contributed by atoms with van der Waals surface area (Å²) in [7, 11) is 0. The molecule has 1 aliphatic carbocycles. The molecule has 78 valence electrons. The van der Waals surface area contributed by atoms with Crippen LogP contribution in [0, 0.1) is 0 Å². The fourth-order valence-corrected chi connectivity index (χ4v) is 1.70. The molecular formula is C9H12N6. The maximum atomic E-state index is 5.82. The summed E-state index contributed by atoms with van der Waals surface area (Å²) in [6.07, 6.45) is 7.51. The Morgan fingerprint density at radius 1 is 1.33 bits per heavy atom. The van der Waals surface area contributed by atoms with Crippen LogP contribution in [0.15, 0.2) is 18.9 Å². The lowest BCUT2D eigenvalue weighted by Crippen LogP contribution is -2.10. The van der Waals surface area contributed by atoms with Crippen LogP contribution in [0.2, 0.25) is 0 Å². The molecule has 0 unspecified atom stereocenters. The minimum atomic E-state index is 0.470. The Morgan fingerprint density at radius 3 is 2.73 bits per heavy atom. The summed E-state index contributed by atoms with van der Waals surface area (Å²) >= 11 is 0. The highest BCUT2D eigenvalue weighted by Gasteiger charge is 2.27. The van der Waals surface area contributed by atoms with Crippen molar-refractivity contribution in [3.63, 3.8) is 0 Å². The maximum absolute atomic E-state index is 5.82. The lowest BCUT2D eigenvalue weighted by atomic mass is 10.3. The monoisotopic (exact) mass is 204 g/mol. The van der Waals surface area contributed by atoms with Gasteiger partial charge in [0.2, 0.25) is 0 Å². The highest BCUT2D eigenvalue weighted by molar-refractivity contribution is 5.67. The van der Waals surface area contributed by atoms with Gasteiger partial charge < -0.3 is 16.1 Å². The first-order valence-electron chi connectivity index (χ1n) is 4.87. The third-order valence-electron chi connectivity index (χ3n) is 2.68. The van der Waals surface area contributed by atoms with E-state index in [0.717, 1.165) is 5.69 Å². The molecule has 1 fully saturated rings. The van der Waals surface area contributed by atoms with Crippen molar-refractivity contribution in [2.24, 2.45) is 0 Å². The SMILES string of the molecule is Nc1c(-c2cncn2C2CC2)ncn1N. The van der Waals surface area contributed by atoms with Crippen LogP contribution in [0.1, 0.15) is 18.9 Å². The highest BCUT2D eigenvalue weighted by atomic mass is 15.3. The number of hydrogen-bond acceptors (Lipinski definition) is 4. The lowest BCUT2D eigenvalue weighted by molar-refractivity contribution is 0.746. The molecule has 1 saturated carbocycles. The number of nitrogen functional groups attached to an aromatic ring is 2. The summed E-state index contributed by atoms with van der Waals surface area (Å²) in [6, 6.07) is 0.560. The largest absolute Gasteiger partial charge is 0.382 e. The van der Waals surface area contributed by atoms with Crippen LogP contribution in [0.4, 0.5) is 5.82 Å². The number of hydrogen-bond donors (Lipinski definition) is 2. The molecule has 4 N–H and O–H groups in total. The highest BCUT2D eigenvalue weighted by Crippen LogP contribution is 2.38. The molecule has 2 heterocycles. The second-order valence-corrected chi connectivity index (χ2v) is 3.80. The quantitative estimate of drug-likeness (QED) is 0.692. The number of aromatic nitrogens is 4. The number of imidazole rings is 2. The number of rotatable bonds is 2. The molecule has 6 heteroatoms. The van der Waals surface area contributed by atoms with Crippen LogP contribution in [0.3, 0.4) is 0 Å². The summed E-state index contributed by atoms with van der Waals surface area (Å²) in [4.78, 5) is 8.31. The molecule has 0 radical (unpaired) electrons. The van der Waals surface area contributed by atoms with Crippen molar-refractivity contribution in [1.82, 2.24) is 19.2 Å². The molecule has 0 amide bonds. The van der Waals surface area contributed by atoms with Crippen LogP contribution in [-0.2, 0) is 0 Å². The van der Waals surface area contributed by atoms with Crippen molar-refractivity contribution in [3.05, 3.63) is 18.9 Å². The van der Waals surface area contributed by atoms with Crippen molar-refractivity contribution in [2.45, 2.75) is 18.9 Å². The van der Waals surface area contributed by atoms with Crippen LogP contribution < -0.4 is 11.6 Å². The van der Waals surface area contributed by atoms with E-state index >= 15 is 0 Å². The van der Waals surface area contributed by atoms with Gasteiger partial charge in [0.25, 0.3) is 0 Å². The number of nitrogens with two attached hydrogens (primary N) is 2. The molecule has 0 spiro atoms. The lowest BCUT2D eigenvalue weighted by Gasteiger charge is -2.04. The molecule has 0 atom stereocenters. The maximum Gasteiger partial charge on any atom is 0.152 e. The Labute approximate surface area is 86.5 Å². The Hall–Kier alpha value is -1.98. The molecule has 0 bridgehead atoms. The van der Waals surface area contributed by atoms with Gasteiger partial charge in [-0.1, -0.05) is 0 Å². The first kappa shape index (κ1) is 8.34. The van der Waals surface area contributed by atoms with Crippen LogP contribution >= 0.6 is 0 Å². The van der Waals surface area contributed by atoms with E-state index < -0.39 is 0 Å². The van der Waals surface area contributed by atoms with Crippen LogP contribution in [0.5, 0.6) is 0 Å². The first-order valence-corrected chi connectivity index (χ1v) is 4.87. The fraction of sp³-hybridized carbons (Fsp3) is 0.333. The molecule has 0 saturated heterocycles. The van der Waals surface area contributed by atoms with Gasteiger partial charge in [0.1, 0.15) is 12.0 Å². The van der Waals surface area contributed by atoms with E-state index in [1.807, 2.05) is 6.33 Å². The zero-order valence-electron chi connectivity index (χ0n) is 8.17. The zero-order chi connectivity index (χ0) is 10.4. The molecule has 0 aliphatic heterocycles. The first-order chi connectivity index (χ1) is 7.27. The van der Waals surface area contributed by atoms with Gasteiger partial charge in [-0.15, -0.1) is 0 Å². The van der Waals surface area contributed by atoms with Crippen LogP contribution in [-0.4, -0.2) is 19.2 Å². The third kappa shape index (κ3) is 1.18. The zero-order valence-corrected chi connectivity index (χ0v) is 8.17. The molecule has 3 rings (SSSR count). The van der Waals surface area contributed by atoms with Gasteiger partial charge in [-0.3, -0.25) is 0 Å². The van der Waals surface area contributed by atoms with E-state index in [1.54, 1.807) is 6.20 Å². The van der Waals surface area contributed by atoms with E-state index in [-0.39, 0.29) is 0 Å². The Bertz CT molecular complexity index is 492. The fourth-order valence-electron chi connectivity index (χ4n) is 1.70.